The normalized spacial score (nSPS) is 13.4. The van der Waals surface area contributed by atoms with Crippen molar-refractivity contribution in [1.82, 2.24) is 15.5 Å². The number of likely N-dealkylation sites (N-methyl/N-ethyl adjacent to an activating group) is 1. The number of halogens is 3. The Morgan fingerprint density at radius 2 is 2.04 bits per heavy atom. The molecule has 1 atom stereocenters. The van der Waals surface area contributed by atoms with Crippen molar-refractivity contribution >= 4 is 12.2 Å². The minimum Gasteiger partial charge on any atom is -0.405 e. The number of nitrogens with zero attached hydrogens (tertiary/aromatic N) is 2. The number of rotatable bonds is 6. The molecule has 23 heavy (non-hydrogen) atoms. The highest BCUT2D eigenvalue weighted by Crippen LogP contribution is 2.27. The molecule has 1 N–H and O–H groups in total. The van der Waals surface area contributed by atoms with Gasteiger partial charge in [-0.15, -0.1) is 13.2 Å². The highest BCUT2D eigenvalue weighted by atomic mass is 19.4. The Hall–Kier alpha value is -2.35. The minimum atomic E-state index is -4.75. The van der Waals surface area contributed by atoms with Crippen LogP contribution in [0.1, 0.15) is 24.2 Å². The van der Waals surface area contributed by atoms with E-state index in [1.807, 2.05) is 14.0 Å². The van der Waals surface area contributed by atoms with E-state index in [0.717, 1.165) is 0 Å². The van der Waals surface area contributed by atoms with Gasteiger partial charge in [-0.2, -0.15) is 4.98 Å². The highest BCUT2D eigenvalue weighted by Gasteiger charge is 2.31. The topological polar surface area (TPSA) is 60.2 Å². The van der Waals surface area contributed by atoms with Gasteiger partial charge in [-0.05, 0) is 26.1 Å². The maximum atomic E-state index is 12.3. The standard InChI is InChI=1S/C15H16F3N3O2/c1-10(19-2)9-13-20-14(23-21-13)8-7-11-5-3-4-6-12(11)22-15(16,17)18/h3-8,10,19H,9H2,1-2H3/b8-7+. The molecule has 2 rings (SSSR count). The predicted octanol–water partition coefficient (Wildman–Crippen LogP) is 3.29. The van der Waals surface area contributed by atoms with Gasteiger partial charge in [0.1, 0.15) is 5.75 Å². The molecule has 0 aliphatic heterocycles. The van der Waals surface area contributed by atoms with E-state index in [1.165, 1.54) is 30.4 Å². The fourth-order valence-corrected chi connectivity index (χ4v) is 1.79. The number of hydrogen-bond donors (Lipinski definition) is 1. The molecule has 0 bridgehead atoms. The average Bonchev–Trinajstić information content (AvgIpc) is 2.92. The van der Waals surface area contributed by atoms with Crippen LogP contribution in [0.15, 0.2) is 28.8 Å². The third-order valence-corrected chi connectivity index (χ3v) is 3.02. The molecule has 1 aromatic heterocycles. The van der Waals surface area contributed by atoms with E-state index < -0.39 is 6.36 Å². The summed E-state index contributed by atoms with van der Waals surface area (Å²) in [6, 6.07) is 5.99. The molecule has 2 aromatic rings. The maximum Gasteiger partial charge on any atom is 0.573 e. The molecule has 1 heterocycles. The monoisotopic (exact) mass is 327 g/mol. The van der Waals surface area contributed by atoms with E-state index in [4.69, 9.17) is 4.52 Å². The smallest absolute Gasteiger partial charge is 0.405 e. The lowest BCUT2D eigenvalue weighted by Gasteiger charge is -2.10. The molecule has 0 spiro atoms. The summed E-state index contributed by atoms with van der Waals surface area (Å²) in [7, 11) is 1.82. The van der Waals surface area contributed by atoms with Gasteiger partial charge < -0.3 is 14.6 Å². The summed E-state index contributed by atoms with van der Waals surface area (Å²) in [5, 5.41) is 6.86. The fourth-order valence-electron chi connectivity index (χ4n) is 1.79. The zero-order chi connectivity index (χ0) is 16.9. The van der Waals surface area contributed by atoms with Crippen molar-refractivity contribution in [2.45, 2.75) is 25.7 Å². The van der Waals surface area contributed by atoms with Gasteiger partial charge in [-0.1, -0.05) is 23.4 Å². The number of nitrogens with one attached hydrogen (secondary N) is 1. The Labute approximate surface area is 131 Å². The van der Waals surface area contributed by atoms with Crippen molar-refractivity contribution in [3.8, 4) is 5.75 Å². The Morgan fingerprint density at radius 1 is 1.30 bits per heavy atom. The van der Waals surface area contributed by atoms with Crippen LogP contribution in [0.5, 0.6) is 5.75 Å². The second-order valence-electron chi connectivity index (χ2n) is 4.86. The Balaban J connectivity index is 2.11. The number of benzene rings is 1. The molecule has 0 aliphatic carbocycles. The van der Waals surface area contributed by atoms with E-state index in [9.17, 15) is 13.2 Å². The van der Waals surface area contributed by atoms with Crippen LogP contribution in [-0.4, -0.2) is 29.6 Å². The zero-order valence-electron chi connectivity index (χ0n) is 12.6. The first-order valence-electron chi connectivity index (χ1n) is 6.90. The van der Waals surface area contributed by atoms with Crippen LogP contribution in [0.3, 0.4) is 0 Å². The van der Waals surface area contributed by atoms with Crippen molar-refractivity contribution in [1.29, 1.82) is 0 Å². The van der Waals surface area contributed by atoms with Crippen LogP contribution >= 0.6 is 0 Å². The molecule has 0 aliphatic rings. The summed E-state index contributed by atoms with van der Waals surface area (Å²) >= 11 is 0. The first-order valence-corrected chi connectivity index (χ1v) is 6.90. The SMILES string of the molecule is CNC(C)Cc1noc(/C=C/c2ccccc2OC(F)(F)F)n1. The molecular formula is C15H16F3N3O2. The predicted molar refractivity (Wildman–Crippen MR) is 78.6 cm³/mol. The average molecular weight is 327 g/mol. The summed E-state index contributed by atoms with van der Waals surface area (Å²) in [5.41, 5.74) is 0.258. The van der Waals surface area contributed by atoms with Gasteiger partial charge in [-0.3, -0.25) is 0 Å². The van der Waals surface area contributed by atoms with E-state index in [-0.39, 0.29) is 23.2 Å². The van der Waals surface area contributed by atoms with Gasteiger partial charge in [0.2, 0.25) is 0 Å². The number of para-hydroxylation sites is 1. The third-order valence-electron chi connectivity index (χ3n) is 3.02. The first kappa shape index (κ1) is 17.0. The van der Waals surface area contributed by atoms with Gasteiger partial charge in [0.15, 0.2) is 5.82 Å². The maximum absolute atomic E-state index is 12.3. The van der Waals surface area contributed by atoms with Crippen LogP contribution in [0.4, 0.5) is 13.2 Å². The molecule has 0 saturated carbocycles. The van der Waals surface area contributed by atoms with Gasteiger partial charge in [0, 0.05) is 24.1 Å². The first-order chi connectivity index (χ1) is 10.9. The highest BCUT2D eigenvalue weighted by molar-refractivity contribution is 5.69. The molecule has 8 heteroatoms. The van der Waals surface area contributed by atoms with Crippen LogP contribution in [0.2, 0.25) is 0 Å². The van der Waals surface area contributed by atoms with Crippen LogP contribution in [-0.2, 0) is 6.42 Å². The summed E-state index contributed by atoms with van der Waals surface area (Å²) < 4.78 is 46.1. The minimum absolute atomic E-state index is 0.186. The second-order valence-corrected chi connectivity index (χ2v) is 4.86. The fraction of sp³-hybridized carbons (Fsp3) is 0.333. The van der Waals surface area contributed by atoms with Gasteiger partial charge >= 0.3 is 6.36 Å². The lowest BCUT2D eigenvalue weighted by atomic mass is 10.2. The molecule has 1 unspecified atom stereocenters. The lowest BCUT2D eigenvalue weighted by Crippen LogP contribution is -2.24. The van der Waals surface area contributed by atoms with Crippen LogP contribution in [0, 0.1) is 0 Å². The summed E-state index contributed by atoms with van der Waals surface area (Å²) in [6.07, 6.45) is -1.29. The van der Waals surface area contributed by atoms with Gasteiger partial charge in [0.25, 0.3) is 5.89 Å². The van der Waals surface area contributed by atoms with Gasteiger partial charge in [-0.25, -0.2) is 0 Å². The van der Waals surface area contributed by atoms with Crippen molar-refractivity contribution in [3.05, 3.63) is 41.5 Å². The summed E-state index contributed by atoms with van der Waals surface area (Å²) in [5.74, 6) is 0.441. The number of hydrogen-bond acceptors (Lipinski definition) is 5. The molecule has 0 radical (unpaired) electrons. The molecule has 0 saturated heterocycles. The van der Waals surface area contributed by atoms with Crippen LogP contribution < -0.4 is 10.1 Å². The van der Waals surface area contributed by atoms with E-state index in [1.54, 1.807) is 6.07 Å². The number of alkyl halides is 3. The lowest BCUT2D eigenvalue weighted by molar-refractivity contribution is -0.274. The van der Waals surface area contributed by atoms with Gasteiger partial charge in [0.05, 0.1) is 0 Å². The molecule has 0 amide bonds. The van der Waals surface area contributed by atoms with Crippen molar-refractivity contribution in [2.24, 2.45) is 0 Å². The van der Waals surface area contributed by atoms with E-state index >= 15 is 0 Å². The Morgan fingerprint density at radius 3 is 2.74 bits per heavy atom. The molecule has 1 aromatic carbocycles. The largest absolute Gasteiger partial charge is 0.573 e. The van der Waals surface area contributed by atoms with E-state index in [2.05, 4.69) is 20.2 Å². The van der Waals surface area contributed by atoms with Crippen molar-refractivity contribution in [3.63, 3.8) is 0 Å². The number of aromatic nitrogens is 2. The molecule has 5 nitrogen and oxygen atoms in total. The zero-order valence-corrected chi connectivity index (χ0v) is 12.6. The molecule has 0 fully saturated rings. The Bertz CT molecular complexity index is 668. The molecule has 124 valence electrons. The van der Waals surface area contributed by atoms with E-state index in [0.29, 0.717) is 12.2 Å². The Kier molecular flexibility index (Phi) is 5.38. The second kappa shape index (κ2) is 7.28. The third kappa shape index (κ3) is 5.41. The van der Waals surface area contributed by atoms with Crippen molar-refractivity contribution < 1.29 is 22.4 Å². The molecular weight excluding hydrogens is 311 g/mol. The van der Waals surface area contributed by atoms with Crippen LogP contribution in [0.25, 0.3) is 12.2 Å². The number of ether oxygens (including phenoxy) is 1. The quantitative estimate of drug-likeness (QED) is 0.882. The summed E-state index contributed by atoms with van der Waals surface area (Å²) in [6.45, 7) is 1.97. The summed E-state index contributed by atoms with van der Waals surface area (Å²) in [4.78, 5) is 4.15. The van der Waals surface area contributed by atoms with Crippen molar-refractivity contribution in [2.75, 3.05) is 7.05 Å².